The second-order valence-electron chi connectivity index (χ2n) is 9.04. The van der Waals surface area contributed by atoms with Crippen LogP contribution in [0.4, 0.5) is 30.5 Å². The summed E-state index contributed by atoms with van der Waals surface area (Å²) < 4.78 is 51.3. The number of anilines is 3. The average molecular weight is 545 g/mol. The fourth-order valence-electron chi connectivity index (χ4n) is 4.25. The van der Waals surface area contributed by atoms with Crippen LogP contribution < -0.4 is 16.0 Å². The lowest BCUT2D eigenvalue weighted by atomic mass is 9.94. The Morgan fingerprint density at radius 1 is 1.26 bits per heavy atom. The van der Waals surface area contributed by atoms with Gasteiger partial charge in [-0.3, -0.25) is 19.5 Å². The third-order valence-corrected chi connectivity index (χ3v) is 6.35. The summed E-state index contributed by atoms with van der Waals surface area (Å²) in [5.74, 6) is -1.39. The van der Waals surface area contributed by atoms with Crippen LogP contribution in [0.15, 0.2) is 47.1 Å². The minimum Gasteiger partial charge on any atom is -0.380 e. The molecule has 1 saturated heterocycles. The zero-order chi connectivity index (χ0) is 28.1. The van der Waals surface area contributed by atoms with E-state index in [4.69, 9.17) is 15.0 Å². The zero-order valence-electron chi connectivity index (χ0n) is 20.6. The fraction of sp³-hybridized carbons (Fsp3) is 0.292. The van der Waals surface area contributed by atoms with Crippen LogP contribution in [-0.4, -0.2) is 61.7 Å². The first-order valence-electron chi connectivity index (χ1n) is 11.6. The van der Waals surface area contributed by atoms with Crippen molar-refractivity contribution in [3.8, 4) is 5.69 Å². The maximum Gasteiger partial charge on any atom is 0.433 e. The van der Waals surface area contributed by atoms with Crippen LogP contribution in [0.5, 0.6) is 0 Å². The van der Waals surface area contributed by atoms with Crippen LogP contribution in [0.1, 0.15) is 18.3 Å². The van der Waals surface area contributed by atoms with Gasteiger partial charge in [-0.15, -0.1) is 5.10 Å². The summed E-state index contributed by atoms with van der Waals surface area (Å²) in [5.41, 5.74) is 3.71. The van der Waals surface area contributed by atoms with E-state index >= 15 is 0 Å². The van der Waals surface area contributed by atoms with Crippen LogP contribution in [0.2, 0.25) is 0 Å². The monoisotopic (exact) mass is 545 g/mol. The van der Waals surface area contributed by atoms with E-state index in [0.29, 0.717) is 16.7 Å². The number of nitrogen functional groups attached to an aromatic ring is 1. The Morgan fingerprint density at radius 3 is 2.77 bits per heavy atom. The molecule has 12 nitrogen and oxygen atoms in total. The number of nitrogens with zero attached hydrogens (tertiary/aromatic N) is 5. The number of morpholine rings is 1. The number of hydrogen-bond donors (Lipinski definition) is 3. The van der Waals surface area contributed by atoms with Gasteiger partial charge in [0, 0.05) is 29.7 Å². The molecule has 1 aromatic carbocycles. The van der Waals surface area contributed by atoms with Crippen LogP contribution in [0, 0.1) is 6.92 Å². The molecule has 1 aliphatic rings. The molecule has 5 rings (SSSR count). The van der Waals surface area contributed by atoms with Crippen molar-refractivity contribution in [3.05, 3.63) is 54.0 Å². The molecule has 0 aliphatic carbocycles. The minimum atomic E-state index is -4.65. The van der Waals surface area contributed by atoms with Crippen LogP contribution in [-0.2, 0) is 20.5 Å². The highest BCUT2D eigenvalue weighted by Crippen LogP contribution is 2.31. The number of halogens is 3. The lowest BCUT2D eigenvalue weighted by molar-refractivity contribution is -0.170. The highest BCUT2D eigenvalue weighted by molar-refractivity contribution is 6.06. The first kappa shape index (κ1) is 26.1. The average Bonchev–Trinajstić information content (AvgIpc) is 3.46. The molecular weight excluding hydrogens is 523 g/mol. The topological polar surface area (TPSA) is 162 Å². The summed E-state index contributed by atoms with van der Waals surface area (Å²) in [7, 11) is 0. The number of amides is 2. The first-order chi connectivity index (χ1) is 18.4. The maximum atomic E-state index is 13.5. The molecule has 4 heterocycles. The van der Waals surface area contributed by atoms with Crippen molar-refractivity contribution in [2.45, 2.75) is 31.7 Å². The molecule has 0 bridgehead atoms. The van der Waals surface area contributed by atoms with E-state index in [0.717, 1.165) is 12.3 Å². The van der Waals surface area contributed by atoms with Crippen molar-refractivity contribution in [2.24, 2.45) is 0 Å². The number of aliphatic hydroxyl groups excluding tert-OH is 1. The van der Waals surface area contributed by atoms with Crippen LogP contribution in [0.3, 0.4) is 0 Å². The Morgan fingerprint density at radius 2 is 2.03 bits per heavy atom. The SMILES string of the molecule is Cc1cc(N2CCOC(C)(C(O)C(=O)Nc3ccc4c(N)noc4c3)C2=O)nn1-c1ccnc(C(F)(F)F)c1. The number of nitrogens with one attached hydrogen (secondary N) is 1. The predicted molar refractivity (Wildman–Crippen MR) is 131 cm³/mol. The summed E-state index contributed by atoms with van der Waals surface area (Å²) in [6.45, 7) is 2.87. The number of aromatic nitrogens is 4. The number of benzene rings is 1. The minimum absolute atomic E-state index is 0.0347. The first-order valence-corrected chi connectivity index (χ1v) is 11.6. The molecule has 4 N–H and O–H groups in total. The number of hydrogen-bond acceptors (Lipinski definition) is 9. The number of pyridine rings is 1. The summed E-state index contributed by atoms with van der Waals surface area (Å²) in [6.07, 6.45) is -5.56. The van der Waals surface area contributed by atoms with Crippen molar-refractivity contribution in [2.75, 3.05) is 29.1 Å². The number of aliphatic hydroxyl groups is 1. The van der Waals surface area contributed by atoms with Gasteiger partial charge >= 0.3 is 6.18 Å². The summed E-state index contributed by atoms with van der Waals surface area (Å²) in [5, 5.41) is 21.9. The van der Waals surface area contributed by atoms with Gasteiger partial charge in [0.2, 0.25) is 0 Å². The number of fused-ring (bicyclic) bond motifs is 1. The smallest absolute Gasteiger partial charge is 0.380 e. The van der Waals surface area contributed by atoms with E-state index in [2.05, 4.69) is 20.6 Å². The molecule has 0 saturated carbocycles. The second-order valence-corrected chi connectivity index (χ2v) is 9.04. The van der Waals surface area contributed by atoms with Crippen molar-refractivity contribution >= 4 is 40.1 Å². The molecule has 1 aliphatic heterocycles. The van der Waals surface area contributed by atoms with Gasteiger partial charge in [0.25, 0.3) is 11.8 Å². The van der Waals surface area contributed by atoms with E-state index in [1.165, 1.54) is 40.8 Å². The summed E-state index contributed by atoms with van der Waals surface area (Å²) >= 11 is 0. The molecular formula is C24H22F3N7O5. The quantitative estimate of drug-likeness (QED) is 0.342. The molecule has 0 radical (unpaired) electrons. The third-order valence-electron chi connectivity index (χ3n) is 6.35. The van der Waals surface area contributed by atoms with E-state index < -0.39 is 35.4 Å². The number of ether oxygens (including phenoxy) is 1. The summed E-state index contributed by atoms with van der Waals surface area (Å²) in [4.78, 5) is 30.9. The Labute approximate surface area is 218 Å². The molecule has 0 spiro atoms. The van der Waals surface area contributed by atoms with Gasteiger partial charge in [0.05, 0.1) is 24.2 Å². The number of aryl methyl sites for hydroxylation is 1. The second kappa shape index (κ2) is 9.36. The van der Waals surface area contributed by atoms with Crippen LogP contribution >= 0.6 is 0 Å². The van der Waals surface area contributed by atoms with E-state index in [1.807, 2.05) is 0 Å². The summed E-state index contributed by atoms with van der Waals surface area (Å²) in [6, 6.07) is 8.25. The molecule has 15 heteroatoms. The van der Waals surface area contributed by atoms with Crippen molar-refractivity contribution in [1.29, 1.82) is 0 Å². The number of carbonyl (C=O) groups is 2. The number of nitrogens with two attached hydrogens (primary N) is 1. The highest BCUT2D eigenvalue weighted by Gasteiger charge is 2.51. The van der Waals surface area contributed by atoms with Gasteiger partial charge in [-0.25, -0.2) is 4.68 Å². The van der Waals surface area contributed by atoms with Gasteiger partial charge in [0.15, 0.2) is 28.9 Å². The maximum absolute atomic E-state index is 13.5. The fourth-order valence-corrected chi connectivity index (χ4v) is 4.25. The lowest BCUT2D eigenvalue weighted by Gasteiger charge is -2.40. The Hall–Kier alpha value is -4.50. The lowest BCUT2D eigenvalue weighted by Crippen LogP contribution is -2.63. The van der Waals surface area contributed by atoms with Gasteiger partial charge in [0.1, 0.15) is 5.69 Å². The van der Waals surface area contributed by atoms with Gasteiger partial charge in [-0.1, -0.05) is 5.16 Å². The molecule has 39 heavy (non-hydrogen) atoms. The highest BCUT2D eigenvalue weighted by atomic mass is 19.4. The van der Waals surface area contributed by atoms with Crippen molar-refractivity contribution in [1.82, 2.24) is 19.9 Å². The van der Waals surface area contributed by atoms with Crippen molar-refractivity contribution < 1.29 is 37.1 Å². The number of alkyl halides is 3. The Balaban J connectivity index is 1.37. The number of rotatable bonds is 5. The Bertz CT molecular complexity index is 1580. The van der Waals surface area contributed by atoms with Gasteiger partial charge in [-0.2, -0.15) is 13.2 Å². The van der Waals surface area contributed by atoms with E-state index in [-0.39, 0.29) is 36.2 Å². The third kappa shape index (κ3) is 4.66. The predicted octanol–water partition coefficient (Wildman–Crippen LogP) is 2.44. The van der Waals surface area contributed by atoms with Crippen molar-refractivity contribution in [3.63, 3.8) is 0 Å². The molecule has 204 valence electrons. The van der Waals surface area contributed by atoms with E-state index in [1.54, 1.807) is 13.0 Å². The number of carbonyl (C=O) groups excluding carboxylic acids is 2. The largest absolute Gasteiger partial charge is 0.433 e. The van der Waals surface area contributed by atoms with Crippen LogP contribution in [0.25, 0.3) is 16.7 Å². The molecule has 2 atom stereocenters. The molecule has 1 fully saturated rings. The zero-order valence-corrected chi connectivity index (χ0v) is 20.6. The van der Waals surface area contributed by atoms with Gasteiger partial charge < -0.3 is 25.4 Å². The molecule has 2 unspecified atom stereocenters. The normalized spacial score (nSPS) is 18.9. The van der Waals surface area contributed by atoms with E-state index in [9.17, 15) is 27.9 Å². The molecule has 2 amide bonds. The molecule has 4 aromatic rings. The Kier molecular flexibility index (Phi) is 6.27. The van der Waals surface area contributed by atoms with Gasteiger partial charge in [-0.05, 0) is 38.1 Å². The standard InChI is InChI=1S/C24H22F3N7O5/c1-12-9-18(31-34(12)14-5-6-29-17(11-14)24(25,26)27)33-7-8-38-23(2,22(33)37)19(35)21(36)30-13-3-4-15-16(10-13)39-32-20(15)28/h3-6,9-11,19,35H,7-8H2,1-2H3,(H2,28,32)(H,30,36). The molecule has 3 aromatic heterocycles.